The summed E-state index contributed by atoms with van der Waals surface area (Å²) in [5.74, 6) is -1.49. The van der Waals surface area contributed by atoms with Crippen LogP contribution in [0, 0.1) is 12.7 Å². The van der Waals surface area contributed by atoms with Crippen molar-refractivity contribution in [3.05, 3.63) is 94.2 Å². The average molecular weight is 645 g/mol. The topological polar surface area (TPSA) is 86.8 Å². The van der Waals surface area contributed by atoms with Gasteiger partial charge in [0.25, 0.3) is 10.0 Å². The fraction of sp³-hybridized carbons (Fsp3) is 0.355. The first-order valence-electron chi connectivity index (χ1n) is 13.7. The first-order chi connectivity index (χ1) is 19.6. The lowest BCUT2D eigenvalue weighted by molar-refractivity contribution is -0.139. The van der Waals surface area contributed by atoms with Crippen molar-refractivity contribution in [2.24, 2.45) is 0 Å². The van der Waals surface area contributed by atoms with E-state index in [9.17, 15) is 22.4 Å². The van der Waals surface area contributed by atoms with E-state index in [1.165, 1.54) is 23.1 Å². The summed E-state index contributed by atoms with van der Waals surface area (Å²) < 4.78 is 44.2. The lowest BCUT2D eigenvalue weighted by Gasteiger charge is -2.33. The van der Waals surface area contributed by atoms with Crippen molar-refractivity contribution in [2.75, 3.05) is 10.8 Å². The molecular formula is C31H35BrFN3O4S. The van der Waals surface area contributed by atoms with Crippen LogP contribution in [0.1, 0.15) is 50.2 Å². The molecule has 0 bridgehead atoms. The third-order valence-electron chi connectivity index (χ3n) is 7.40. The van der Waals surface area contributed by atoms with Crippen molar-refractivity contribution >= 4 is 43.5 Å². The predicted octanol–water partition coefficient (Wildman–Crippen LogP) is 5.96. The number of benzene rings is 3. The van der Waals surface area contributed by atoms with E-state index >= 15 is 0 Å². The number of rotatable bonds is 10. The molecule has 41 heavy (non-hydrogen) atoms. The normalized spacial score (nSPS) is 14.7. The quantitative estimate of drug-likeness (QED) is 0.295. The molecule has 0 aliphatic heterocycles. The first-order valence-corrected chi connectivity index (χ1v) is 16.0. The summed E-state index contributed by atoms with van der Waals surface area (Å²) in [5.41, 5.74) is 1.40. The average Bonchev–Trinajstić information content (AvgIpc) is 2.95. The standard InChI is InChI=1S/C31H35BrFN3O4S/c1-22-15-17-28(18-16-22)41(39,40)36(27-13-8-10-25(32)19-27)21-30(37)35(20-24-9-6-7-14-29(24)33)23(2)31(38)34-26-11-4-3-5-12-26/h6-10,13-19,23,26H,3-5,11-12,20-21H2,1-2H3,(H,34,38)/t23-/m0/s1. The lowest BCUT2D eigenvalue weighted by atomic mass is 9.95. The number of hydrogen-bond acceptors (Lipinski definition) is 4. The largest absolute Gasteiger partial charge is 0.352 e. The lowest BCUT2D eigenvalue weighted by Crippen LogP contribution is -2.53. The van der Waals surface area contributed by atoms with Gasteiger partial charge in [0.2, 0.25) is 11.8 Å². The van der Waals surface area contributed by atoms with E-state index in [2.05, 4.69) is 21.2 Å². The highest BCUT2D eigenvalue weighted by Crippen LogP contribution is 2.27. The Hall–Kier alpha value is -3.24. The first kappa shape index (κ1) is 30.7. The van der Waals surface area contributed by atoms with Crippen LogP contribution in [-0.4, -0.2) is 43.8 Å². The minimum Gasteiger partial charge on any atom is -0.352 e. The van der Waals surface area contributed by atoms with Gasteiger partial charge in [-0.2, -0.15) is 0 Å². The molecule has 1 aliphatic rings. The maximum atomic E-state index is 14.7. The van der Waals surface area contributed by atoms with Crippen molar-refractivity contribution in [1.29, 1.82) is 0 Å². The van der Waals surface area contributed by atoms with E-state index in [4.69, 9.17) is 0 Å². The van der Waals surface area contributed by atoms with E-state index in [1.807, 2.05) is 6.92 Å². The van der Waals surface area contributed by atoms with Gasteiger partial charge in [0.15, 0.2) is 0 Å². The molecule has 7 nitrogen and oxygen atoms in total. The van der Waals surface area contributed by atoms with Crippen molar-refractivity contribution in [1.82, 2.24) is 10.2 Å². The van der Waals surface area contributed by atoms with Crippen LogP contribution in [0.5, 0.6) is 0 Å². The molecular weight excluding hydrogens is 609 g/mol. The summed E-state index contributed by atoms with van der Waals surface area (Å²) in [6.45, 7) is 2.67. The van der Waals surface area contributed by atoms with Gasteiger partial charge in [0, 0.05) is 22.6 Å². The maximum Gasteiger partial charge on any atom is 0.264 e. The Labute approximate surface area is 249 Å². The molecule has 0 heterocycles. The molecule has 10 heteroatoms. The molecule has 4 rings (SSSR count). The molecule has 3 aromatic carbocycles. The number of sulfonamides is 1. The van der Waals surface area contributed by atoms with E-state index in [1.54, 1.807) is 61.5 Å². The van der Waals surface area contributed by atoms with Crippen LogP contribution in [0.15, 0.2) is 82.2 Å². The summed E-state index contributed by atoms with van der Waals surface area (Å²) in [4.78, 5) is 28.6. The Kier molecular flexibility index (Phi) is 10.2. The minimum absolute atomic E-state index is 0.0178. The number of carbonyl (C=O) groups is 2. The molecule has 0 radical (unpaired) electrons. The van der Waals surface area contributed by atoms with Crippen molar-refractivity contribution in [3.63, 3.8) is 0 Å². The second-order valence-electron chi connectivity index (χ2n) is 10.4. The Morgan fingerprint density at radius 1 is 1.00 bits per heavy atom. The molecule has 0 unspecified atom stereocenters. The molecule has 218 valence electrons. The highest BCUT2D eigenvalue weighted by atomic mass is 79.9. The summed E-state index contributed by atoms with van der Waals surface area (Å²) in [5, 5.41) is 3.04. The van der Waals surface area contributed by atoms with Crippen LogP contribution in [0.25, 0.3) is 0 Å². The number of carbonyl (C=O) groups excluding carboxylic acids is 2. The molecule has 1 fully saturated rings. The fourth-order valence-electron chi connectivity index (χ4n) is 4.96. The van der Waals surface area contributed by atoms with E-state index in [-0.39, 0.29) is 34.6 Å². The fourth-order valence-corrected chi connectivity index (χ4v) is 6.75. The van der Waals surface area contributed by atoms with Gasteiger partial charge in [-0.25, -0.2) is 12.8 Å². The van der Waals surface area contributed by atoms with Gasteiger partial charge >= 0.3 is 0 Å². The Morgan fingerprint density at radius 3 is 2.34 bits per heavy atom. The van der Waals surface area contributed by atoms with E-state index in [0.717, 1.165) is 42.0 Å². The number of nitrogens with one attached hydrogen (secondary N) is 1. The SMILES string of the molecule is Cc1ccc(S(=O)(=O)N(CC(=O)N(Cc2ccccc2F)[C@@H](C)C(=O)NC2CCCCC2)c2cccc(Br)c2)cc1. The number of nitrogens with zero attached hydrogens (tertiary/aromatic N) is 2. The Balaban J connectivity index is 1.68. The van der Waals surface area contributed by atoms with Crippen LogP contribution in [0.2, 0.25) is 0 Å². The number of halogens is 2. The summed E-state index contributed by atoms with van der Waals surface area (Å²) >= 11 is 3.39. The van der Waals surface area contributed by atoms with E-state index < -0.39 is 34.3 Å². The van der Waals surface area contributed by atoms with Gasteiger partial charge in [-0.1, -0.05) is 77.2 Å². The van der Waals surface area contributed by atoms with Gasteiger partial charge in [-0.15, -0.1) is 0 Å². The summed E-state index contributed by atoms with van der Waals surface area (Å²) in [6, 6.07) is 18.1. The molecule has 1 N–H and O–H groups in total. The van der Waals surface area contributed by atoms with Crippen molar-refractivity contribution < 1.29 is 22.4 Å². The van der Waals surface area contributed by atoms with Gasteiger partial charge in [-0.3, -0.25) is 13.9 Å². The second-order valence-corrected chi connectivity index (χ2v) is 13.2. The van der Waals surface area contributed by atoms with Crippen LogP contribution in [0.4, 0.5) is 10.1 Å². The minimum atomic E-state index is -4.18. The predicted molar refractivity (Wildman–Crippen MR) is 161 cm³/mol. The third-order valence-corrected chi connectivity index (χ3v) is 9.68. The number of amides is 2. The van der Waals surface area contributed by atoms with Crippen LogP contribution < -0.4 is 9.62 Å². The zero-order chi connectivity index (χ0) is 29.6. The second kappa shape index (κ2) is 13.6. The molecule has 0 aromatic heterocycles. The molecule has 1 saturated carbocycles. The molecule has 0 spiro atoms. The summed E-state index contributed by atoms with van der Waals surface area (Å²) in [6.07, 6.45) is 4.91. The van der Waals surface area contributed by atoms with E-state index in [0.29, 0.717) is 4.47 Å². The van der Waals surface area contributed by atoms with Gasteiger partial charge < -0.3 is 10.2 Å². The van der Waals surface area contributed by atoms with Gasteiger partial charge in [-0.05, 0) is 63.1 Å². The zero-order valence-electron chi connectivity index (χ0n) is 23.2. The Morgan fingerprint density at radius 2 is 1.68 bits per heavy atom. The molecule has 3 aromatic rings. The van der Waals surface area contributed by atoms with Crippen molar-refractivity contribution in [3.8, 4) is 0 Å². The van der Waals surface area contributed by atoms with Crippen LogP contribution >= 0.6 is 15.9 Å². The number of hydrogen-bond donors (Lipinski definition) is 1. The zero-order valence-corrected chi connectivity index (χ0v) is 25.6. The maximum absolute atomic E-state index is 14.7. The van der Waals surface area contributed by atoms with Crippen LogP contribution in [-0.2, 0) is 26.2 Å². The Bertz CT molecular complexity index is 1480. The highest BCUT2D eigenvalue weighted by molar-refractivity contribution is 9.10. The smallest absolute Gasteiger partial charge is 0.264 e. The van der Waals surface area contributed by atoms with Gasteiger partial charge in [0.1, 0.15) is 18.4 Å². The third kappa shape index (κ3) is 7.74. The van der Waals surface area contributed by atoms with Crippen molar-refractivity contribution in [2.45, 2.75) is 69.5 Å². The molecule has 1 atom stereocenters. The highest BCUT2D eigenvalue weighted by Gasteiger charge is 2.33. The molecule has 0 saturated heterocycles. The number of anilines is 1. The number of aryl methyl sites for hydroxylation is 1. The van der Waals surface area contributed by atoms with Crippen LogP contribution in [0.3, 0.4) is 0 Å². The monoisotopic (exact) mass is 643 g/mol. The summed E-state index contributed by atoms with van der Waals surface area (Å²) in [7, 11) is -4.18. The van der Waals surface area contributed by atoms with Gasteiger partial charge in [0.05, 0.1) is 10.6 Å². The molecule has 2 amide bonds. The molecule has 1 aliphatic carbocycles.